The van der Waals surface area contributed by atoms with E-state index in [1.54, 1.807) is 6.07 Å². The van der Waals surface area contributed by atoms with Crippen molar-refractivity contribution in [1.29, 1.82) is 0 Å². The molecule has 35 heavy (non-hydrogen) atoms. The van der Waals surface area contributed by atoms with Gasteiger partial charge in [0.05, 0.1) is 0 Å². The van der Waals surface area contributed by atoms with Crippen molar-refractivity contribution >= 4 is 28.4 Å². The van der Waals surface area contributed by atoms with Gasteiger partial charge in [0.15, 0.2) is 12.2 Å². The SMILES string of the molecule is CCC(C)c1ccc(OCC(=O)Nc2ccc3oc(-c4ccc(N(CC)CC)cc4)nc3c2)cc1. The quantitative estimate of drug-likeness (QED) is 0.273. The van der Waals surface area contributed by atoms with Gasteiger partial charge in [0.25, 0.3) is 5.91 Å². The number of rotatable bonds is 10. The highest BCUT2D eigenvalue weighted by Gasteiger charge is 2.12. The van der Waals surface area contributed by atoms with Crippen molar-refractivity contribution in [2.24, 2.45) is 0 Å². The summed E-state index contributed by atoms with van der Waals surface area (Å²) in [6.07, 6.45) is 1.09. The molecule has 0 spiro atoms. The standard InChI is InChI=1S/C29H33N3O3/c1-5-20(4)21-10-15-25(16-11-21)34-19-28(33)30-23-12-17-27-26(18-23)31-29(35-27)22-8-13-24(14-9-22)32(6-2)7-3/h8-18,20H,5-7,19H2,1-4H3,(H,30,33). The third kappa shape index (κ3) is 5.83. The number of anilines is 2. The van der Waals surface area contributed by atoms with E-state index in [-0.39, 0.29) is 12.5 Å². The van der Waals surface area contributed by atoms with Gasteiger partial charge in [-0.2, -0.15) is 0 Å². The molecule has 1 unspecified atom stereocenters. The largest absolute Gasteiger partial charge is 0.484 e. The summed E-state index contributed by atoms with van der Waals surface area (Å²) in [7, 11) is 0. The van der Waals surface area contributed by atoms with Crippen LogP contribution in [0.2, 0.25) is 0 Å². The van der Waals surface area contributed by atoms with E-state index in [2.05, 4.69) is 67.2 Å². The van der Waals surface area contributed by atoms with Crippen LogP contribution < -0.4 is 15.0 Å². The summed E-state index contributed by atoms with van der Waals surface area (Å²) in [5.41, 5.74) is 5.36. The lowest BCUT2D eigenvalue weighted by Crippen LogP contribution is -2.21. The third-order valence-electron chi connectivity index (χ3n) is 6.35. The second-order valence-corrected chi connectivity index (χ2v) is 8.64. The van der Waals surface area contributed by atoms with Gasteiger partial charge in [-0.3, -0.25) is 4.79 Å². The molecule has 182 valence electrons. The molecule has 6 heteroatoms. The molecule has 4 aromatic rings. The second kappa shape index (κ2) is 11.1. The van der Waals surface area contributed by atoms with Crippen LogP contribution in [0.1, 0.15) is 45.6 Å². The summed E-state index contributed by atoms with van der Waals surface area (Å²) in [5, 5.41) is 2.87. The van der Waals surface area contributed by atoms with E-state index in [4.69, 9.17) is 9.15 Å². The lowest BCUT2D eigenvalue weighted by atomic mass is 9.99. The van der Waals surface area contributed by atoms with E-state index < -0.39 is 0 Å². The number of carbonyl (C=O) groups excluding carboxylic acids is 1. The van der Waals surface area contributed by atoms with Gasteiger partial charge in [0.1, 0.15) is 11.3 Å². The summed E-state index contributed by atoms with van der Waals surface area (Å²) in [4.78, 5) is 19.3. The molecule has 1 atom stereocenters. The van der Waals surface area contributed by atoms with Crippen molar-refractivity contribution in [1.82, 2.24) is 4.98 Å². The molecule has 0 aliphatic rings. The minimum atomic E-state index is -0.230. The van der Waals surface area contributed by atoms with Crippen LogP contribution in [0.5, 0.6) is 5.75 Å². The number of fused-ring (bicyclic) bond motifs is 1. The number of hydrogen-bond donors (Lipinski definition) is 1. The molecule has 0 aliphatic heterocycles. The number of amides is 1. The van der Waals surface area contributed by atoms with Gasteiger partial charge in [-0.05, 0) is 86.3 Å². The van der Waals surface area contributed by atoms with Gasteiger partial charge in [-0.1, -0.05) is 26.0 Å². The summed E-state index contributed by atoms with van der Waals surface area (Å²) in [6, 6.07) is 21.6. The lowest BCUT2D eigenvalue weighted by Gasteiger charge is -2.20. The summed E-state index contributed by atoms with van der Waals surface area (Å²) in [5.74, 6) is 1.51. The van der Waals surface area contributed by atoms with Crippen molar-refractivity contribution in [2.75, 3.05) is 29.9 Å². The lowest BCUT2D eigenvalue weighted by molar-refractivity contribution is -0.118. The maximum absolute atomic E-state index is 12.4. The molecule has 1 heterocycles. The van der Waals surface area contributed by atoms with Crippen LogP contribution >= 0.6 is 0 Å². The van der Waals surface area contributed by atoms with E-state index in [1.165, 1.54) is 11.3 Å². The Bertz CT molecular complexity index is 1260. The van der Waals surface area contributed by atoms with Crippen LogP contribution in [-0.2, 0) is 4.79 Å². The molecule has 0 radical (unpaired) electrons. The smallest absolute Gasteiger partial charge is 0.262 e. The number of carbonyl (C=O) groups is 1. The van der Waals surface area contributed by atoms with Crippen LogP contribution in [-0.4, -0.2) is 30.6 Å². The molecule has 1 aromatic heterocycles. The summed E-state index contributed by atoms with van der Waals surface area (Å²) >= 11 is 0. The number of oxazole rings is 1. The Kier molecular flexibility index (Phi) is 7.70. The minimum Gasteiger partial charge on any atom is -0.484 e. The number of nitrogens with one attached hydrogen (secondary N) is 1. The van der Waals surface area contributed by atoms with Gasteiger partial charge in [0.2, 0.25) is 5.89 Å². The zero-order valence-corrected chi connectivity index (χ0v) is 20.9. The number of hydrogen-bond acceptors (Lipinski definition) is 5. The number of aromatic nitrogens is 1. The van der Waals surface area contributed by atoms with Gasteiger partial charge < -0.3 is 19.4 Å². The predicted molar refractivity (Wildman–Crippen MR) is 142 cm³/mol. The first-order valence-corrected chi connectivity index (χ1v) is 12.3. The van der Waals surface area contributed by atoms with E-state index in [0.29, 0.717) is 34.3 Å². The average molecular weight is 472 g/mol. The van der Waals surface area contributed by atoms with Gasteiger partial charge in [-0.15, -0.1) is 0 Å². The first-order valence-electron chi connectivity index (χ1n) is 12.3. The third-order valence-corrected chi connectivity index (χ3v) is 6.35. The number of benzene rings is 3. The normalized spacial score (nSPS) is 11.9. The highest BCUT2D eigenvalue weighted by Crippen LogP contribution is 2.28. The van der Waals surface area contributed by atoms with Crippen LogP contribution in [0.25, 0.3) is 22.6 Å². The predicted octanol–water partition coefficient (Wildman–Crippen LogP) is 6.87. The van der Waals surface area contributed by atoms with Crippen molar-refractivity contribution in [3.05, 3.63) is 72.3 Å². The minimum absolute atomic E-state index is 0.0658. The first kappa shape index (κ1) is 24.3. The zero-order valence-electron chi connectivity index (χ0n) is 20.9. The average Bonchev–Trinajstić information content (AvgIpc) is 3.32. The molecule has 0 saturated carbocycles. The van der Waals surface area contributed by atoms with Crippen LogP contribution in [0.3, 0.4) is 0 Å². The van der Waals surface area contributed by atoms with Crippen molar-refractivity contribution in [3.8, 4) is 17.2 Å². The summed E-state index contributed by atoms with van der Waals surface area (Å²) in [6.45, 7) is 10.5. The van der Waals surface area contributed by atoms with E-state index >= 15 is 0 Å². The van der Waals surface area contributed by atoms with Crippen molar-refractivity contribution in [3.63, 3.8) is 0 Å². The number of nitrogens with zero attached hydrogens (tertiary/aromatic N) is 2. The molecule has 0 aliphatic carbocycles. The van der Waals surface area contributed by atoms with Crippen LogP contribution in [0.4, 0.5) is 11.4 Å². The Morgan fingerprint density at radius 2 is 1.71 bits per heavy atom. The highest BCUT2D eigenvalue weighted by molar-refractivity contribution is 5.94. The van der Waals surface area contributed by atoms with Crippen LogP contribution in [0.15, 0.2) is 71.1 Å². The van der Waals surface area contributed by atoms with Crippen molar-refractivity contribution < 1.29 is 13.9 Å². The summed E-state index contributed by atoms with van der Waals surface area (Å²) < 4.78 is 11.6. The Labute approximate surface area is 206 Å². The fraction of sp³-hybridized carbons (Fsp3) is 0.310. The Hall–Kier alpha value is -3.80. The molecule has 3 aromatic carbocycles. The van der Waals surface area contributed by atoms with Gasteiger partial charge >= 0.3 is 0 Å². The Morgan fingerprint density at radius 1 is 1.00 bits per heavy atom. The molecule has 4 rings (SSSR count). The highest BCUT2D eigenvalue weighted by atomic mass is 16.5. The Balaban J connectivity index is 1.38. The first-order chi connectivity index (χ1) is 17.0. The molecule has 6 nitrogen and oxygen atoms in total. The monoisotopic (exact) mass is 471 g/mol. The van der Waals surface area contributed by atoms with Gasteiger partial charge in [0, 0.05) is 30.0 Å². The topological polar surface area (TPSA) is 67.6 Å². The fourth-order valence-corrected chi connectivity index (χ4v) is 4.01. The van der Waals surface area contributed by atoms with E-state index in [9.17, 15) is 4.79 Å². The van der Waals surface area contributed by atoms with Crippen molar-refractivity contribution in [2.45, 2.75) is 40.0 Å². The molecule has 0 fully saturated rings. The van der Waals surface area contributed by atoms with E-state index in [0.717, 1.165) is 25.1 Å². The molecule has 0 bridgehead atoms. The molecule has 1 N–H and O–H groups in total. The number of ether oxygens (including phenoxy) is 1. The fourth-order valence-electron chi connectivity index (χ4n) is 4.01. The van der Waals surface area contributed by atoms with E-state index in [1.807, 2.05) is 36.4 Å². The van der Waals surface area contributed by atoms with Crippen LogP contribution in [0, 0.1) is 0 Å². The molecule has 1 amide bonds. The van der Waals surface area contributed by atoms with Gasteiger partial charge in [-0.25, -0.2) is 4.98 Å². The second-order valence-electron chi connectivity index (χ2n) is 8.64. The molecular formula is C29H33N3O3. The zero-order chi connectivity index (χ0) is 24.8. The Morgan fingerprint density at radius 3 is 2.37 bits per heavy atom. The molecular weight excluding hydrogens is 438 g/mol. The maximum atomic E-state index is 12.4. The molecule has 0 saturated heterocycles. The maximum Gasteiger partial charge on any atom is 0.262 e.